The molecule has 7 rings (SSSR count). The lowest BCUT2D eigenvalue weighted by Crippen LogP contribution is -2.57. The number of aromatic hydroxyl groups is 1. The van der Waals surface area contributed by atoms with Crippen molar-refractivity contribution < 1.29 is 23.8 Å². The average Bonchev–Trinajstić information content (AvgIpc) is 3.31. The number of piperidine rings is 3. The highest BCUT2D eigenvalue weighted by Crippen LogP contribution is 2.43. The molecule has 2 aromatic carbocycles. The third kappa shape index (κ3) is 3.68. The monoisotopic (exact) mass is 462 g/mol. The van der Waals surface area contributed by atoms with E-state index in [1.54, 1.807) is 30.3 Å². The Morgan fingerprint density at radius 1 is 1.12 bits per heavy atom. The smallest absolute Gasteiger partial charge is 0.231 e. The van der Waals surface area contributed by atoms with Gasteiger partial charge in [0, 0.05) is 42.1 Å². The molecule has 176 valence electrons. The Bertz CT molecular complexity index is 1310. The van der Waals surface area contributed by atoms with Crippen LogP contribution in [-0.4, -0.2) is 48.4 Å². The summed E-state index contributed by atoms with van der Waals surface area (Å²) in [5.74, 6) is 0.461. The maximum absolute atomic E-state index is 13.4. The number of nitrogens with one attached hydrogen (secondary N) is 1. The van der Waals surface area contributed by atoms with Gasteiger partial charge in [0.15, 0.2) is 16.9 Å². The first-order valence-corrected chi connectivity index (χ1v) is 11.7. The number of ether oxygens (including phenoxy) is 2. The highest BCUT2D eigenvalue weighted by molar-refractivity contribution is 5.80. The Morgan fingerprint density at radius 3 is 2.65 bits per heavy atom. The summed E-state index contributed by atoms with van der Waals surface area (Å²) in [4.78, 5) is 29.1. The Morgan fingerprint density at radius 2 is 1.88 bits per heavy atom. The molecule has 2 atom stereocenters. The van der Waals surface area contributed by atoms with E-state index in [1.165, 1.54) is 12.3 Å². The molecular formula is C26H26N2O6. The minimum atomic E-state index is -0.712. The number of amides is 1. The first-order valence-electron chi connectivity index (χ1n) is 11.7. The van der Waals surface area contributed by atoms with Crippen LogP contribution in [0.5, 0.6) is 17.2 Å². The first kappa shape index (κ1) is 21.0. The maximum Gasteiger partial charge on any atom is 0.231 e. The zero-order valence-corrected chi connectivity index (χ0v) is 18.7. The van der Waals surface area contributed by atoms with Crippen molar-refractivity contribution in [3.05, 3.63) is 64.0 Å². The summed E-state index contributed by atoms with van der Waals surface area (Å²) in [5, 5.41) is 14.5. The van der Waals surface area contributed by atoms with Crippen molar-refractivity contribution in [1.82, 2.24) is 10.2 Å². The highest BCUT2D eigenvalue weighted by atomic mass is 16.7. The Hall–Kier alpha value is -3.52. The second-order valence-corrected chi connectivity index (χ2v) is 9.35. The van der Waals surface area contributed by atoms with E-state index in [1.807, 2.05) is 0 Å². The quantitative estimate of drug-likeness (QED) is 0.601. The van der Waals surface area contributed by atoms with Gasteiger partial charge in [0.1, 0.15) is 11.3 Å². The third-order valence-corrected chi connectivity index (χ3v) is 7.37. The summed E-state index contributed by atoms with van der Waals surface area (Å²) >= 11 is 0. The number of fused-ring (bicyclic) bond motifs is 5. The average molecular weight is 463 g/mol. The molecule has 5 heterocycles. The van der Waals surface area contributed by atoms with E-state index in [2.05, 4.69) is 10.2 Å². The van der Waals surface area contributed by atoms with Gasteiger partial charge in [-0.2, -0.15) is 0 Å². The number of carbonyl (C=O) groups excluding carboxylic acids is 1. The van der Waals surface area contributed by atoms with Gasteiger partial charge in [-0.3, -0.25) is 9.59 Å². The molecule has 3 fully saturated rings. The summed E-state index contributed by atoms with van der Waals surface area (Å²) in [6.07, 6.45) is 3.58. The van der Waals surface area contributed by atoms with E-state index in [-0.39, 0.29) is 36.3 Å². The summed E-state index contributed by atoms with van der Waals surface area (Å²) in [6.45, 7) is 3.08. The lowest BCUT2D eigenvalue weighted by atomic mass is 9.83. The molecule has 8 nitrogen and oxygen atoms in total. The molecule has 4 aliphatic rings. The summed E-state index contributed by atoms with van der Waals surface area (Å²) in [6, 6.07) is 10.2. The molecule has 3 saturated heterocycles. The van der Waals surface area contributed by atoms with Crippen LogP contribution in [0.2, 0.25) is 0 Å². The predicted molar refractivity (Wildman–Crippen MR) is 124 cm³/mol. The predicted octanol–water partition coefficient (Wildman–Crippen LogP) is 2.96. The van der Waals surface area contributed by atoms with Crippen LogP contribution in [0.4, 0.5) is 0 Å². The normalized spacial score (nSPS) is 23.7. The van der Waals surface area contributed by atoms with Crippen molar-refractivity contribution in [3.63, 3.8) is 0 Å². The second-order valence-electron chi connectivity index (χ2n) is 9.35. The molecule has 34 heavy (non-hydrogen) atoms. The molecule has 1 aromatic heterocycles. The van der Waals surface area contributed by atoms with Crippen molar-refractivity contribution in [2.45, 2.75) is 31.2 Å². The SMILES string of the molecule is O=C(C[C@@H](c1cc2c(cc1O)OCO2)c1coc2ccccc2c1=O)N[C@H]1CN2CCC1CC2. The number of hydrogen-bond acceptors (Lipinski definition) is 7. The molecule has 0 spiro atoms. The number of rotatable bonds is 5. The Labute approximate surface area is 196 Å². The number of carbonyl (C=O) groups is 1. The molecule has 2 bridgehead atoms. The van der Waals surface area contributed by atoms with Crippen LogP contribution in [0.1, 0.15) is 36.3 Å². The minimum absolute atomic E-state index is 0.000472. The van der Waals surface area contributed by atoms with Crippen molar-refractivity contribution >= 4 is 16.9 Å². The van der Waals surface area contributed by atoms with Crippen molar-refractivity contribution in [2.24, 2.45) is 5.92 Å². The molecular weight excluding hydrogens is 436 g/mol. The number of phenols is 1. The summed E-state index contributed by atoms with van der Waals surface area (Å²) < 4.78 is 16.6. The fourth-order valence-corrected chi connectivity index (χ4v) is 5.53. The zero-order chi connectivity index (χ0) is 23.2. The van der Waals surface area contributed by atoms with Gasteiger partial charge in [0.05, 0.1) is 11.6 Å². The van der Waals surface area contributed by atoms with E-state index in [4.69, 9.17) is 13.9 Å². The van der Waals surface area contributed by atoms with Crippen LogP contribution in [0, 0.1) is 5.92 Å². The maximum atomic E-state index is 13.4. The fourth-order valence-electron chi connectivity index (χ4n) is 5.53. The molecule has 2 N–H and O–H groups in total. The molecule has 4 aliphatic heterocycles. The Kier molecular flexibility index (Phi) is 5.17. The van der Waals surface area contributed by atoms with Crippen LogP contribution in [0.25, 0.3) is 11.0 Å². The van der Waals surface area contributed by atoms with Crippen LogP contribution in [0.15, 0.2) is 51.9 Å². The van der Waals surface area contributed by atoms with Crippen molar-refractivity contribution in [3.8, 4) is 17.2 Å². The lowest BCUT2D eigenvalue weighted by molar-refractivity contribution is -0.123. The van der Waals surface area contributed by atoms with Gasteiger partial charge in [0.25, 0.3) is 0 Å². The Balaban J connectivity index is 1.37. The minimum Gasteiger partial charge on any atom is -0.508 e. The van der Waals surface area contributed by atoms with Gasteiger partial charge in [-0.1, -0.05) is 12.1 Å². The standard InChI is InChI=1S/C26H26N2O6/c29-21-11-24-23(33-14-34-24)9-18(21)17(19-13-32-22-4-2-1-3-16(22)26(19)31)10-25(30)27-20-12-28-7-5-15(20)6-8-28/h1-4,9,11,13,15,17,20,29H,5-8,10,12,14H2,(H,27,30)/t17-,20-/m0/s1. The van der Waals surface area contributed by atoms with E-state index >= 15 is 0 Å². The van der Waals surface area contributed by atoms with Gasteiger partial charge in [-0.25, -0.2) is 0 Å². The van der Waals surface area contributed by atoms with Crippen LogP contribution >= 0.6 is 0 Å². The number of benzene rings is 2. The van der Waals surface area contributed by atoms with Crippen molar-refractivity contribution in [1.29, 1.82) is 0 Å². The molecule has 8 heteroatoms. The number of hydrogen-bond donors (Lipinski definition) is 2. The molecule has 1 amide bonds. The van der Waals surface area contributed by atoms with Crippen LogP contribution in [0.3, 0.4) is 0 Å². The van der Waals surface area contributed by atoms with Crippen LogP contribution in [-0.2, 0) is 4.79 Å². The van der Waals surface area contributed by atoms with Gasteiger partial charge in [0.2, 0.25) is 12.7 Å². The summed E-state index contributed by atoms with van der Waals surface area (Å²) in [5.41, 5.74) is 0.994. The van der Waals surface area contributed by atoms with Gasteiger partial charge in [-0.05, 0) is 50.0 Å². The lowest BCUT2D eigenvalue weighted by Gasteiger charge is -2.45. The second kappa shape index (κ2) is 8.36. The highest BCUT2D eigenvalue weighted by Gasteiger charge is 2.36. The molecule has 0 unspecified atom stereocenters. The molecule has 0 saturated carbocycles. The van der Waals surface area contributed by atoms with E-state index in [9.17, 15) is 14.7 Å². The first-order chi connectivity index (χ1) is 16.6. The molecule has 0 radical (unpaired) electrons. The largest absolute Gasteiger partial charge is 0.508 e. The van der Waals surface area contributed by atoms with Gasteiger partial charge >= 0.3 is 0 Å². The number of phenolic OH excluding ortho intramolecular Hbond substituents is 1. The number of para-hydroxylation sites is 1. The summed E-state index contributed by atoms with van der Waals surface area (Å²) in [7, 11) is 0. The van der Waals surface area contributed by atoms with E-state index in [0.29, 0.717) is 39.5 Å². The van der Waals surface area contributed by atoms with E-state index < -0.39 is 5.92 Å². The van der Waals surface area contributed by atoms with Gasteiger partial charge in [-0.15, -0.1) is 0 Å². The van der Waals surface area contributed by atoms with Crippen molar-refractivity contribution in [2.75, 3.05) is 26.4 Å². The van der Waals surface area contributed by atoms with E-state index in [0.717, 1.165) is 32.5 Å². The third-order valence-electron chi connectivity index (χ3n) is 7.37. The molecule has 0 aliphatic carbocycles. The van der Waals surface area contributed by atoms with Crippen LogP contribution < -0.4 is 20.2 Å². The number of nitrogens with zero attached hydrogens (tertiary/aromatic N) is 1. The molecule has 3 aromatic rings. The zero-order valence-electron chi connectivity index (χ0n) is 18.7. The van der Waals surface area contributed by atoms with Gasteiger partial charge < -0.3 is 29.2 Å². The fraction of sp³-hybridized carbons (Fsp3) is 0.385. The topological polar surface area (TPSA) is 101 Å².